The number of hydrogen-bond donors (Lipinski definition) is 0. The summed E-state index contributed by atoms with van der Waals surface area (Å²) in [4.78, 5) is 0. The fraction of sp³-hybridized carbons (Fsp3) is 0.0980. The normalized spacial score (nSPS) is 14.2. The van der Waals surface area contributed by atoms with Gasteiger partial charge in [0.2, 0.25) is 0 Å². The predicted molar refractivity (Wildman–Crippen MR) is 222 cm³/mol. The van der Waals surface area contributed by atoms with Gasteiger partial charge in [0, 0.05) is 27.6 Å². The largest absolute Gasteiger partial charge is 0.457 e. The number of ether oxygens (including phenoxy) is 1. The van der Waals surface area contributed by atoms with E-state index >= 15 is 0 Å². The van der Waals surface area contributed by atoms with Crippen molar-refractivity contribution >= 4 is 27.4 Å². The van der Waals surface area contributed by atoms with Gasteiger partial charge in [0.1, 0.15) is 11.5 Å². The van der Waals surface area contributed by atoms with Gasteiger partial charge in [-0.25, -0.2) is 0 Å². The Morgan fingerprint density at radius 2 is 1.25 bits per heavy atom. The van der Waals surface area contributed by atoms with Crippen LogP contribution in [-0.4, -0.2) is 4.57 Å². The smallest absolute Gasteiger partial charge is 0.131 e. The number of allylic oxidation sites excluding steroid dienone is 4. The van der Waals surface area contributed by atoms with Crippen molar-refractivity contribution in [3.63, 3.8) is 0 Å². The molecule has 0 radical (unpaired) electrons. The van der Waals surface area contributed by atoms with Crippen LogP contribution in [0.4, 0.5) is 0 Å². The number of para-hydroxylation sites is 4. The van der Waals surface area contributed by atoms with Gasteiger partial charge in [0.05, 0.1) is 16.4 Å². The van der Waals surface area contributed by atoms with Crippen molar-refractivity contribution in [1.29, 1.82) is 0 Å². The lowest BCUT2D eigenvalue weighted by Gasteiger charge is -2.46. The van der Waals surface area contributed by atoms with Gasteiger partial charge < -0.3 is 9.30 Å². The third-order valence-electron chi connectivity index (χ3n) is 11.2. The van der Waals surface area contributed by atoms with Crippen molar-refractivity contribution < 1.29 is 4.74 Å². The number of aryl methyl sites for hydroxylation is 1. The van der Waals surface area contributed by atoms with Gasteiger partial charge in [0.15, 0.2) is 0 Å². The van der Waals surface area contributed by atoms with E-state index in [1.54, 1.807) is 0 Å². The van der Waals surface area contributed by atoms with Crippen LogP contribution >= 0.6 is 0 Å². The molecule has 53 heavy (non-hydrogen) atoms. The molecule has 256 valence electrons. The van der Waals surface area contributed by atoms with Crippen molar-refractivity contribution in [3.8, 4) is 28.3 Å². The van der Waals surface area contributed by atoms with Crippen LogP contribution in [0.2, 0.25) is 0 Å². The first-order valence-electron chi connectivity index (χ1n) is 18.6. The summed E-state index contributed by atoms with van der Waals surface area (Å²) in [6.07, 6.45) is 6.59. The lowest BCUT2D eigenvalue weighted by molar-refractivity contribution is 0.384. The average Bonchev–Trinajstić information content (AvgIpc) is 3.55. The molecule has 1 aliphatic rings. The minimum Gasteiger partial charge on any atom is -0.457 e. The molecule has 9 rings (SSSR count). The third kappa shape index (κ3) is 5.17. The van der Waals surface area contributed by atoms with Crippen molar-refractivity contribution in [2.45, 2.75) is 26.2 Å². The van der Waals surface area contributed by atoms with Crippen LogP contribution in [0.25, 0.3) is 44.2 Å². The molecule has 1 aromatic heterocycles. The standard InChI is InChI=1S/C51H41NO/c1-4-5-23-40(37-19-8-6-9-20-37)36(3)51(44-26-13-16-30-48(44)53-49-31-17-14-27-45(49)51)43-33-32-38(34-35(43)2)41-25-18-29-47-50(41)42-24-12-15-28-46(42)52(47)39-21-10-7-11-22-39/h4-34,36H,1-3H3/b5-4-,40-23+. The molecular weight excluding hydrogens is 643 g/mol. The Kier molecular flexibility index (Phi) is 8.16. The van der Waals surface area contributed by atoms with E-state index in [1.807, 2.05) is 0 Å². The summed E-state index contributed by atoms with van der Waals surface area (Å²) in [5.74, 6) is 1.83. The quantitative estimate of drug-likeness (QED) is 0.153. The van der Waals surface area contributed by atoms with Crippen LogP contribution in [0.3, 0.4) is 0 Å². The van der Waals surface area contributed by atoms with Crippen LogP contribution in [0.5, 0.6) is 11.5 Å². The van der Waals surface area contributed by atoms with Crippen molar-refractivity contribution in [1.82, 2.24) is 4.57 Å². The lowest BCUT2D eigenvalue weighted by atomic mass is 9.57. The van der Waals surface area contributed by atoms with Crippen LogP contribution in [0, 0.1) is 12.8 Å². The van der Waals surface area contributed by atoms with Crippen molar-refractivity contribution in [2.24, 2.45) is 5.92 Å². The van der Waals surface area contributed by atoms with Gasteiger partial charge in [0.25, 0.3) is 0 Å². The molecule has 0 N–H and O–H groups in total. The Morgan fingerprint density at radius 3 is 1.94 bits per heavy atom. The highest BCUT2D eigenvalue weighted by Crippen LogP contribution is 2.59. The van der Waals surface area contributed by atoms with E-state index in [4.69, 9.17) is 4.74 Å². The van der Waals surface area contributed by atoms with E-state index < -0.39 is 5.41 Å². The number of aromatic nitrogens is 1. The number of fused-ring (bicyclic) bond motifs is 5. The Hall–Kier alpha value is -6.38. The molecule has 1 atom stereocenters. The molecule has 0 spiro atoms. The molecule has 0 saturated heterocycles. The molecule has 0 saturated carbocycles. The molecule has 2 heteroatoms. The second-order valence-electron chi connectivity index (χ2n) is 14.1. The van der Waals surface area contributed by atoms with Crippen LogP contribution in [0.1, 0.15) is 41.7 Å². The van der Waals surface area contributed by atoms with Gasteiger partial charge in [-0.05, 0) is 89.6 Å². The lowest BCUT2D eigenvalue weighted by Crippen LogP contribution is -2.40. The van der Waals surface area contributed by atoms with Gasteiger partial charge in [-0.3, -0.25) is 0 Å². The molecule has 0 aliphatic carbocycles. The van der Waals surface area contributed by atoms with E-state index in [-0.39, 0.29) is 5.92 Å². The molecule has 0 bridgehead atoms. The monoisotopic (exact) mass is 683 g/mol. The first-order valence-corrected chi connectivity index (χ1v) is 18.6. The maximum atomic E-state index is 6.70. The summed E-state index contributed by atoms with van der Waals surface area (Å²) in [5.41, 5.74) is 12.8. The zero-order chi connectivity index (χ0) is 35.9. The molecule has 7 aromatic carbocycles. The summed E-state index contributed by atoms with van der Waals surface area (Å²) in [6, 6.07) is 61.5. The Labute approximate surface area is 312 Å². The second kappa shape index (κ2) is 13.3. The van der Waals surface area contributed by atoms with Gasteiger partial charge in [-0.1, -0.05) is 159 Å². The number of benzene rings is 7. The van der Waals surface area contributed by atoms with Crippen LogP contribution in [-0.2, 0) is 5.41 Å². The van der Waals surface area contributed by atoms with E-state index in [0.29, 0.717) is 0 Å². The molecule has 0 fully saturated rings. The highest BCUT2D eigenvalue weighted by molar-refractivity contribution is 6.15. The fourth-order valence-electron chi connectivity index (χ4n) is 8.96. The number of nitrogens with zero attached hydrogens (tertiary/aromatic N) is 1. The molecule has 2 heterocycles. The molecular formula is C51H41NO. The van der Waals surface area contributed by atoms with Crippen molar-refractivity contribution in [2.75, 3.05) is 0 Å². The van der Waals surface area contributed by atoms with Gasteiger partial charge in [-0.15, -0.1) is 0 Å². The number of rotatable bonds is 7. The second-order valence-corrected chi connectivity index (χ2v) is 14.1. The Bertz CT molecular complexity index is 2630. The van der Waals surface area contributed by atoms with E-state index in [0.717, 1.165) is 17.2 Å². The van der Waals surface area contributed by atoms with Crippen LogP contribution in [0.15, 0.2) is 188 Å². The average molecular weight is 684 g/mol. The minimum atomic E-state index is -0.549. The third-order valence-corrected chi connectivity index (χ3v) is 11.2. The van der Waals surface area contributed by atoms with E-state index in [1.165, 1.54) is 66.3 Å². The summed E-state index contributed by atoms with van der Waals surface area (Å²) in [5, 5.41) is 2.52. The molecule has 1 unspecified atom stereocenters. The van der Waals surface area contributed by atoms with Gasteiger partial charge >= 0.3 is 0 Å². The molecule has 8 aromatic rings. The highest BCUT2D eigenvalue weighted by Gasteiger charge is 2.49. The maximum absolute atomic E-state index is 6.70. The SMILES string of the molecule is C/C=C\C=C(\c1ccccc1)C(C)C1(c2ccc(-c3cccc4c3c3ccccc3n4-c3ccccc3)cc2C)c2ccccc2Oc2ccccc21. The predicted octanol–water partition coefficient (Wildman–Crippen LogP) is 13.5. The van der Waals surface area contributed by atoms with Crippen LogP contribution < -0.4 is 4.74 Å². The van der Waals surface area contributed by atoms with Gasteiger partial charge in [-0.2, -0.15) is 0 Å². The zero-order valence-corrected chi connectivity index (χ0v) is 30.3. The van der Waals surface area contributed by atoms with Crippen molar-refractivity contribution in [3.05, 3.63) is 216 Å². The fourth-order valence-corrected chi connectivity index (χ4v) is 8.96. The summed E-state index contributed by atoms with van der Waals surface area (Å²) < 4.78 is 9.09. The number of hydrogen-bond acceptors (Lipinski definition) is 1. The zero-order valence-electron chi connectivity index (χ0n) is 30.3. The molecule has 1 aliphatic heterocycles. The molecule has 2 nitrogen and oxygen atoms in total. The first kappa shape index (κ1) is 32.5. The highest BCUT2D eigenvalue weighted by atomic mass is 16.5. The summed E-state index contributed by atoms with van der Waals surface area (Å²) in [6.45, 7) is 6.77. The van der Waals surface area contributed by atoms with E-state index in [2.05, 4.69) is 213 Å². The molecule has 0 amide bonds. The first-order chi connectivity index (χ1) is 26.1. The Morgan fingerprint density at radius 1 is 0.623 bits per heavy atom. The minimum absolute atomic E-state index is 0.0316. The summed E-state index contributed by atoms with van der Waals surface area (Å²) >= 11 is 0. The maximum Gasteiger partial charge on any atom is 0.131 e. The summed E-state index contributed by atoms with van der Waals surface area (Å²) in [7, 11) is 0. The Balaban J connectivity index is 1.31. The topological polar surface area (TPSA) is 14.2 Å². The van der Waals surface area contributed by atoms with E-state index in [9.17, 15) is 0 Å².